The summed E-state index contributed by atoms with van der Waals surface area (Å²) in [5.74, 6) is 0.468. The molecule has 0 radical (unpaired) electrons. The van der Waals surface area contributed by atoms with E-state index in [4.69, 9.17) is 11.6 Å². The van der Waals surface area contributed by atoms with Gasteiger partial charge >= 0.3 is 0 Å². The first-order valence-corrected chi connectivity index (χ1v) is 10.3. The molecular weight excluding hydrogens is 404 g/mol. The third-order valence-corrected chi connectivity index (χ3v) is 5.44. The molecule has 2 heterocycles. The zero-order valence-corrected chi connectivity index (χ0v) is 18.0. The van der Waals surface area contributed by atoms with Crippen LogP contribution >= 0.6 is 11.6 Å². The summed E-state index contributed by atoms with van der Waals surface area (Å²) in [6.45, 7) is 1.88. The molecule has 0 bridgehead atoms. The van der Waals surface area contributed by atoms with Gasteiger partial charge in [-0.15, -0.1) is 5.10 Å². The van der Waals surface area contributed by atoms with E-state index in [1.165, 1.54) is 4.90 Å². The number of aromatic nitrogens is 2. The highest BCUT2D eigenvalue weighted by Gasteiger charge is 2.27. The lowest BCUT2D eigenvalue weighted by molar-refractivity contribution is -0.134. The third-order valence-electron chi connectivity index (χ3n) is 5.11. The molecule has 9 heteroatoms. The van der Waals surface area contributed by atoms with E-state index in [1.807, 2.05) is 24.1 Å². The summed E-state index contributed by atoms with van der Waals surface area (Å²) >= 11 is 6.06. The van der Waals surface area contributed by atoms with Crippen LogP contribution in [-0.4, -0.2) is 78.1 Å². The van der Waals surface area contributed by atoms with Crippen molar-refractivity contribution in [1.29, 1.82) is 0 Å². The highest BCUT2D eigenvalue weighted by atomic mass is 35.5. The maximum atomic E-state index is 12.6. The second-order valence-electron chi connectivity index (χ2n) is 7.55. The van der Waals surface area contributed by atoms with Gasteiger partial charge < -0.3 is 15.1 Å². The summed E-state index contributed by atoms with van der Waals surface area (Å²) in [4.78, 5) is 30.5. The number of carbonyl (C=O) groups is 2. The Morgan fingerprint density at radius 2 is 2.00 bits per heavy atom. The van der Waals surface area contributed by atoms with Crippen LogP contribution in [0.2, 0.25) is 5.02 Å². The number of anilines is 2. The molecule has 1 unspecified atom stereocenters. The number of para-hydroxylation sites is 1. The molecule has 0 aliphatic carbocycles. The van der Waals surface area contributed by atoms with Gasteiger partial charge in [-0.2, -0.15) is 5.10 Å². The molecular formula is C21H27ClN6O2. The minimum Gasteiger partial charge on any atom is -0.351 e. The van der Waals surface area contributed by atoms with Gasteiger partial charge in [0.25, 0.3) is 0 Å². The van der Waals surface area contributed by atoms with Crippen molar-refractivity contribution in [3.8, 4) is 0 Å². The first-order chi connectivity index (χ1) is 14.4. The van der Waals surface area contributed by atoms with E-state index in [0.29, 0.717) is 10.7 Å². The Kier molecular flexibility index (Phi) is 7.59. The third kappa shape index (κ3) is 5.90. The Balaban J connectivity index is 1.47. The molecule has 8 nitrogen and oxygen atoms in total. The van der Waals surface area contributed by atoms with Crippen LogP contribution in [0.15, 0.2) is 42.6 Å². The Morgan fingerprint density at radius 3 is 2.73 bits per heavy atom. The van der Waals surface area contributed by atoms with Gasteiger partial charge in [-0.05, 0) is 44.2 Å². The van der Waals surface area contributed by atoms with Crippen molar-refractivity contribution in [2.75, 3.05) is 50.5 Å². The number of benzene rings is 1. The van der Waals surface area contributed by atoms with Crippen molar-refractivity contribution in [2.24, 2.45) is 0 Å². The second-order valence-corrected chi connectivity index (χ2v) is 7.95. The summed E-state index contributed by atoms with van der Waals surface area (Å²) in [7, 11) is 3.55. The van der Waals surface area contributed by atoms with Gasteiger partial charge in [0.2, 0.25) is 11.8 Å². The predicted molar refractivity (Wildman–Crippen MR) is 118 cm³/mol. The molecule has 160 valence electrons. The predicted octanol–water partition coefficient (Wildman–Crippen LogP) is 2.13. The number of halogens is 1. The average molecular weight is 431 g/mol. The van der Waals surface area contributed by atoms with Crippen LogP contribution in [0.25, 0.3) is 0 Å². The zero-order valence-electron chi connectivity index (χ0n) is 17.3. The summed E-state index contributed by atoms with van der Waals surface area (Å²) in [6, 6.07) is 11.1. The number of likely N-dealkylation sites (N-methyl/N-ethyl adjacent to an activating group) is 2. The number of nitrogens with one attached hydrogen (secondary N) is 1. The SMILES string of the molecule is CN(CC(=O)N(C)CC(=O)Nc1ccccc1Cl)CC1CCCN1c1cccnn1. The zero-order chi connectivity index (χ0) is 21.5. The van der Waals surface area contributed by atoms with E-state index < -0.39 is 0 Å². The van der Waals surface area contributed by atoms with E-state index in [2.05, 4.69) is 20.4 Å². The lowest BCUT2D eigenvalue weighted by Gasteiger charge is -2.29. The fourth-order valence-corrected chi connectivity index (χ4v) is 3.79. The second kappa shape index (κ2) is 10.4. The van der Waals surface area contributed by atoms with Crippen LogP contribution < -0.4 is 10.2 Å². The first kappa shape index (κ1) is 22.0. The number of nitrogens with zero attached hydrogens (tertiary/aromatic N) is 5. The van der Waals surface area contributed by atoms with Crippen molar-refractivity contribution in [3.05, 3.63) is 47.6 Å². The highest BCUT2D eigenvalue weighted by Crippen LogP contribution is 2.23. The van der Waals surface area contributed by atoms with Crippen LogP contribution in [0.5, 0.6) is 0 Å². The molecule has 1 N–H and O–H groups in total. The van der Waals surface area contributed by atoms with Crippen LogP contribution in [0.3, 0.4) is 0 Å². The van der Waals surface area contributed by atoms with E-state index in [0.717, 1.165) is 31.7 Å². The molecule has 1 fully saturated rings. The molecule has 1 aromatic carbocycles. The molecule has 2 aromatic rings. The molecule has 1 saturated heterocycles. The molecule has 1 atom stereocenters. The first-order valence-electron chi connectivity index (χ1n) is 9.95. The van der Waals surface area contributed by atoms with Gasteiger partial charge in [0.05, 0.1) is 23.8 Å². The van der Waals surface area contributed by atoms with Crippen molar-refractivity contribution in [2.45, 2.75) is 18.9 Å². The minimum absolute atomic E-state index is 0.0347. The summed E-state index contributed by atoms with van der Waals surface area (Å²) in [6.07, 6.45) is 3.80. The molecule has 0 spiro atoms. The fourth-order valence-electron chi connectivity index (χ4n) is 3.61. The van der Waals surface area contributed by atoms with E-state index in [-0.39, 0.29) is 30.9 Å². The maximum Gasteiger partial charge on any atom is 0.244 e. The minimum atomic E-state index is -0.286. The molecule has 3 rings (SSSR count). The lowest BCUT2D eigenvalue weighted by Crippen LogP contribution is -2.45. The van der Waals surface area contributed by atoms with Crippen LogP contribution in [0, 0.1) is 0 Å². The topological polar surface area (TPSA) is 81.7 Å². The maximum absolute atomic E-state index is 12.6. The Labute approximate surface area is 181 Å². The average Bonchev–Trinajstić information content (AvgIpc) is 3.18. The number of hydrogen-bond acceptors (Lipinski definition) is 6. The molecule has 30 heavy (non-hydrogen) atoms. The highest BCUT2D eigenvalue weighted by molar-refractivity contribution is 6.33. The molecule has 0 saturated carbocycles. The fraction of sp³-hybridized carbons (Fsp3) is 0.429. The van der Waals surface area contributed by atoms with Gasteiger partial charge in [0.1, 0.15) is 0 Å². The molecule has 1 aliphatic heterocycles. The van der Waals surface area contributed by atoms with Crippen LogP contribution in [0.1, 0.15) is 12.8 Å². The van der Waals surface area contributed by atoms with Gasteiger partial charge in [-0.3, -0.25) is 14.5 Å². The van der Waals surface area contributed by atoms with Crippen molar-refractivity contribution in [3.63, 3.8) is 0 Å². The van der Waals surface area contributed by atoms with Gasteiger partial charge in [0.15, 0.2) is 5.82 Å². The standard InChI is InChI=1S/C21H27ClN6O2/c1-26(13-16-7-6-12-28(16)19-10-5-11-23-25-19)15-21(30)27(2)14-20(29)24-18-9-4-3-8-17(18)22/h3-5,8-11,16H,6-7,12-15H2,1-2H3,(H,24,29). The van der Waals surface area contributed by atoms with Crippen LogP contribution in [0.4, 0.5) is 11.5 Å². The van der Waals surface area contributed by atoms with Gasteiger partial charge in [0, 0.05) is 32.4 Å². The Bertz CT molecular complexity index is 866. The van der Waals surface area contributed by atoms with Crippen molar-refractivity contribution in [1.82, 2.24) is 20.0 Å². The van der Waals surface area contributed by atoms with Crippen molar-refractivity contribution < 1.29 is 9.59 Å². The molecule has 2 amide bonds. The largest absolute Gasteiger partial charge is 0.351 e. The number of rotatable bonds is 8. The van der Waals surface area contributed by atoms with E-state index in [1.54, 1.807) is 37.5 Å². The molecule has 1 aromatic heterocycles. The summed E-state index contributed by atoms with van der Waals surface area (Å²) < 4.78 is 0. The normalized spacial score (nSPS) is 16.0. The summed E-state index contributed by atoms with van der Waals surface area (Å²) in [5, 5.41) is 11.4. The lowest BCUT2D eigenvalue weighted by atomic mass is 10.2. The Hall–Kier alpha value is -2.71. The smallest absolute Gasteiger partial charge is 0.244 e. The number of amides is 2. The van der Waals surface area contributed by atoms with E-state index >= 15 is 0 Å². The number of hydrogen-bond donors (Lipinski definition) is 1. The van der Waals surface area contributed by atoms with Crippen LogP contribution in [-0.2, 0) is 9.59 Å². The van der Waals surface area contributed by atoms with Gasteiger partial charge in [-0.1, -0.05) is 23.7 Å². The Morgan fingerprint density at radius 1 is 1.20 bits per heavy atom. The van der Waals surface area contributed by atoms with Gasteiger partial charge in [-0.25, -0.2) is 0 Å². The van der Waals surface area contributed by atoms with E-state index in [9.17, 15) is 9.59 Å². The molecule has 1 aliphatic rings. The summed E-state index contributed by atoms with van der Waals surface area (Å²) in [5.41, 5.74) is 0.535. The number of carbonyl (C=O) groups excluding carboxylic acids is 2. The van der Waals surface area contributed by atoms with Crippen molar-refractivity contribution >= 4 is 34.9 Å². The quantitative estimate of drug-likeness (QED) is 0.690. The monoisotopic (exact) mass is 430 g/mol.